The average molecular weight is 306 g/mol. The molecule has 2 aromatic carbocycles. The molecule has 2 aromatic rings. The maximum absolute atomic E-state index is 12.4. The van der Waals surface area contributed by atoms with Crippen molar-refractivity contribution in [3.8, 4) is 6.07 Å². The van der Waals surface area contributed by atoms with E-state index >= 15 is 0 Å². The first-order chi connectivity index (χ1) is 11.0. The van der Waals surface area contributed by atoms with Gasteiger partial charge in [-0.1, -0.05) is 12.1 Å². The lowest BCUT2D eigenvalue weighted by atomic mass is 10.1. The van der Waals surface area contributed by atoms with Crippen LogP contribution in [-0.4, -0.2) is 27.8 Å². The Labute approximate surface area is 131 Å². The van der Waals surface area contributed by atoms with Crippen LogP contribution in [-0.2, 0) is 6.54 Å². The maximum atomic E-state index is 12.4. The summed E-state index contributed by atoms with van der Waals surface area (Å²) in [7, 11) is 0. The Morgan fingerprint density at radius 3 is 2.30 bits per heavy atom. The lowest BCUT2D eigenvalue weighted by Crippen LogP contribution is -2.29. The second kappa shape index (κ2) is 5.39. The number of nitrogens with zero attached hydrogens (tertiary/aromatic N) is 2. The number of fused-ring (bicyclic) bond motifs is 1. The van der Waals surface area contributed by atoms with Crippen LogP contribution in [0.4, 0.5) is 0 Å². The molecule has 0 fully saturated rings. The van der Waals surface area contributed by atoms with E-state index in [2.05, 4.69) is 0 Å². The van der Waals surface area contributed by atoms with E-state index in [1.807, 2.05) is 6.07 Å². The summed E-state index contributed by atoms with van der Waals surface area (Å²) in [6.07, 6.45) is 0. The third-order valence-corrected chi connectivity index (χ3v) is 3.64. The van der Waals surface area contributed by atoms with Crippen molar-refractivity contribution in [3.05, 3.63) is 70.3 Å². The molecule has 1 aliphatic rings. The molecular weight excluding hydrogens is 296 g/mol. The van der Waals surface area contributed by atoms with Crippen molar-refractivity contribution in [1.29, 1.82) is 5.26 Å². The summed E-state index contributed by atoms with van der Waals surface area (Å²) in [5.74, 6) is -2.12. The highest BCUT2D eigenvalue weighted by Crippen LogP contribution is 2.25. The molecule has 0 saturated carbocycles. The SMILES string of the molecule is N#Cc1ccc(CN2C(=O)c3ccc(C(=O)O)cc3C2=O)cc1. The summed E-state index contributed by atoms with van der Waals surface area (Å²) in [5.41, 5.74) is 1.46. The van der Waals surface area contributed by atoms with Crippen molar-refractivity contribution in [3.63, 3.8) is 0 Å². The summed E-state index contributed by atoms with van der Waals surface area (Å²) in [6.45, 7) is 0.0699. The standard InChI is InChI=1S/C17H10N2O4/c18-8-10-1-3-11(4-2-10)9-19-15(20)13-6-5-12(17(22)23)7-14(13)16(19)21/h1-7H,9H2,(H,22,23). The highest BCUT2D eigenvalue weighted by atomic mass is 16.4. The molecule has 6 heteroatoms. The van der Waals surface area contributed by atoms with Crippen LogP contribution in [0.25, 0.3) is 0 Å². The molecule has 0 bridgehead atoms. The number of benzene rings is 2. The number of aromatic carboxylic acids is 1. The summed E-state index contributed by atoms with van der Waals surface area (Å²) in [5, 5.41) is 17.8. The van der Waals surface area contributed by atoms with Crippen LogP contribution in [0, 0.1) is 11.3 Å². The zero-order valence-electron chi connectivity index (χ0n) is 11.8. The van der Waals surface area contributed by atoms with Crippen molar-refractivity contribution < 1.29 is 19.5 Å². The number of carboxylic acids is 1. The minimum atomic E-state index is -1.15. The summed E-state index contributed by atoms with van der Waals surface area (Å²) < 4.78 is 0. The smallest absolute Gasteiger partial charge is 0.335 e. The van der Waals surface area contributed by atoms with E-state index in [4.69, 9.17) is 10.4 Å². The van der Waals surface area contributed by atoms with Gasteiger partial charge in [0.25, 0.3) is 11.8 Å². The lowest BCUT2D eigenvalue weighted by Gasteiger charge is -2.13. The van der Waals surface area contributed by atoms with Gasteiger partial charge in [-0.05, 0) is 35.9 Å². The topological polar surface area (TPSA) is 98.5 Å². The van der Waals surface area contributed by atoms with Crippen LogP contribution in [0.15, 0.2) is 42.5 Å². The molecule has 3 rings (SSSR count). The maximum Gasteiger partial charge on any atom is 0.335 e. The molecule has 0 unspecified atom stereocenters. The Balaban J connectivity index is 1.90. The van der Waals surface area contributed by atoms with Gasteiger partial charge in [-0.3, -0.25) is 14.5 Å². The van der Waals surface area contributed by atoms with Gasteiger partial charge in [0.1, 0.15) is 0 Å². The first-order valence-corrected chi connectivity index (χ1v) is 6.74. The first-order valence-electron chi connectivity index (χ1n) is 6.74. The van der Waals surface area contributed by atoms with Crippen LogP contribution in [0.3, 0.4) is 0 Å². The lowest BCUT2D eigenvalue weighted by molar-refractivity contribution is 0.0641. The van der Waals surface area contributed by atoms with Crippen LogP contribution >= 0.6 is 0 Å². The largest absolute Gasteiger partial charge is 0.478 e. The molecule has 0 saturated heterocycles. The van der Waals surface area contributed by atoms with Gasteiger partial charge in [0.2, 0.25) is 0 Å². The van der Waals surface area contributed by atoms with Crippen molar-refractivity contribution in [2.24, 2.45) is 0 Å². The normalized spacial score (nSPS) is 12.9. The summed E-state index contributed by atoms with van der Waals surface area (Å²) in [6, 6.07) is 12.4. The predicted molar refractivity (Wildman–Crippen MR) is 78.8 cm³/mol. The molecule has 6 nitrogen and oxygen atoms in total. The number of rotatable bonds is 3. The third kappa shape index (κ3) is 2.45. The summed E-state index contributed by atoms with van der Waals surface area (Å²) >= 11 is 0. The zero-order chi connectivity index (χ0) is 16.6. The molecule has 2 amide bonds. The van der Waals surface area contributed by atoms with Gasteiger partial charge in [-0.25, -0.2) is 4.79 Å². The van der Waals surface area contributed by atoms with Crippen LogP contribution in [0.5, 0.6) is 0 Å². The van der Waals surface area contributed by atoms with Crippen LogP contribution in [0.2, 0.25) is 0 Å². The fourth-order valence-electron chi connectivity index (χ4n) is 2.43. The molecule has 0 atom stereocenters. The molecule has 1 N–H and O–H groups in total. The third-order valence-electron chi connectivity index (χ3n) is 3.64. The van der Waals surface area contributed by atoms with Gasteiger partial charge >= 0.3 is 5.97 Å². The van der Waals surface area contributed by atoms with Crippen molar-refractivity contribution in [2.75, 3.05) is 0 Å². The van der Waals surface area contributed by atoms with E-state index in [0.29, 0.717) is 11.1 Å². The van der Waals surface area contributed by atoms with Gasteiger partial charge in [0, 0.05) is 0 Å². The van der Waals surface area contributed by atoms with E-state index in [0.717, 1.165) is 4.90 Å². The number of carbonyl (C=O) groups excluding carboxylic acids is 2. The molecular formula is C17H10N2O4. The van der Waals surface area contributed by atoms with Crippen molar-refractivity contribution in [2.45, 2.75) is 6.54 Å². The molecule has 23 heavy (non-hydrogen) atoms. The number of hydrogen-bond acceptors (Lipinski definition) is 4. The molecule has 0 spiro atoms. The molecule has 1 heterocycles. The Kier molecular flexibility index (Phi) is 3.39. The molecule has 0 aliphatic carbocycles. The second-order valence-corrected chi connectivity index (χ2v) is 5.07. The highest BCUT2D eigenvalue weighted by Gasteiger charge is 2.35. The van der Waals surface area contributed by atoms with Gasteiger partial charge < -0.3 is 5.11 Å². The molecule has 0 radical (unpaired) electrons. The van der Waals surface area contributed by atoms with E-state index in [1.165, 1.54) is 18.2 Å². The van der Waals surface area contributed by atoms with Gasteiger partial charge in [-0.15, -0.1) is 0 Å². The fraction of sp³-hybridized carbons (Fsp3) is 0.0588. The first kappa shape index (κ1) is 14.5. The monoisotopic (exact) mass is 306 g/mol. The average Bonchev–Trinajstić information content (AvgIpc) is 2.80. The van der Waals surface area contributed by atoms with E-state index < -0.39 is 17.8 Å². The number of nitriles is 1. The Morgan fingerprint density at radius 2 is 1.70 bits per heavy atom. The molecule has 112 valence electrons. The highest BCUT2D eigenvalue weighted by molar-refractivity contribution is 6.21. The minimum Gasteiger partial charge on any atom is -0.478 e. The molecule has 0 aromatic heterocycles. The fourth-order valence-corrected chi connectivity index (χ4v) is 2.43. The zero-order valence-corrected chi connectivity index (χ0v) is 11.8. The number of imide groups is 1. The van der Waals surface area contributed by atoms with Gasteiger partial charge in [0.05, 0.1) is 34.9 Å². The van der Waals surface area contributed by atoms with Crippen molar-refractivity contribution in [1.82, 2.24) is 4.90 Å². The minimum absolute atomic E-state index is 0.0369. The number of hydrogen-bond donors (Lipinski definition) is 1. The van der Waals surface area contributed by atoms with E-state index in [1.54, 1.807) is 24.3 Å². The Hall–Kier alpha value is -3.46. The van der Waals surface area contributed by atoms with E-state index in [9.17, 15) is 14.4 Å². The Morgan fingerprint density at radius 1 is 1.04 bits per heavy atom. The second-order valence-electron chi connectivity index (χ2n) is 5.07. The van der Waals surface area contributed by atoms with Crippen molar-refractivity contribution >= 4 is 17.8 Å². The summed E-state index contributed by atoms with van der Waals surface area (Å²) in [4.78, 5) is 36.7. The van der Waals surface area contributed by atoms with E-state index in [-0.39, 0.29) is 23.2 Å². The molecule has 1 aliphatic heterocycles. The van der Waals surface area contributed by atoms with Gasteiger partial charge in [0.15, 0.2) is 0 Å². The Bertz CT molecular complexity index is 878. The van der Waals surface area contributed by atoms with Crippen LogP contribution in [0.1, 0.15) is 42.2 Å². The predicted octanol–water partition coefficient (Wildman–Crippen LogP) is 2.05. The van der Waals surface area contributed by atoms with Gasteiger partial charge in [-0.2, -0.15) is 5.26 Å². The number of carboxylic acid groups (broad SMARTS) is 1. The van der Waals surface area contributed by atoms with Crippen LogP contribution < -0.4 is 0 Å². The quantitative estimate of drug-likeness (QED) is 0.875. The number of carbonyl (C=O) groups is 3. The number of amides is 2.